The molecule has 1 aliphatic heterocycles. The number of nitrogen functional groups attached to an aromatic ring is 1. The summed E-state index contributed by atoms with van der Waals surface area (Å²) in [6.45, 7) is 4.00. The number of benzene rings is 1. The zero-order valence-electron chi connectivity index (χ0n) is 12.9. The molecule has 114 valence electrons. The summed E-state index contributed by atoms with van der Waals surface area (Å²) in [5.74, 6) is 1.25. The smallest absolute Gasteiger partial charge is 0.0887 e. The molecule has 1 saturated heterocycles. The molecule has 0 aliphatic carbocycles. The van der Waals surface area contributed by atoms with Gasteiger partial charge in [-0.15, -0.1) is 0 Å². The fourth-order valence-electron chi connectivity index (χ4n) is 2.71. The van der Waals surface area contributed by atoms with E-state index in [0.717, 1.165) is 5.69 Å². The van der Waals surface area contributed by atoms with Crippen LogP contribution in [-0.2, 0) is 0 Å². The highest BCUT2D eigenvalue weighted by atomic mass is 32.2. The molecule has 2 N–H and O–H groups in total. The van der Waals surface area contributed by atoms with Crippen LogP contribution in [-0.4, -0.2) is 20.8 Å². The van der Waals surface area contributed by atoms with Gasteiger partial charge in [0.15, 0.2) is 0 Å². The van der Waals surface area contributed by atoms with Crippen molar-refractivity contribution in [1.29, 1.82) is 0 Å². The summed E-state index contributed by atoms with van der Waals surface area (Å²) in [5.41, 5.74) is 7.90. The van der Waals surface area contributed by atoms with Gasteiger partial charge in [0.2, 0.25) is 0 Å². The first-order valence-electron chi connectivity index (χ1n) is 7.81. The van der Waals surface area contributed by atoms with Gasteiger partial charge in [-0.1, -0.05) is 50.6 Å². The quantitative estimate of drug-likeness (QED) is 0.916. The molecule has 2 heterocycles. The average Bonchev–Trinajstić information content (AvgIpc) is 2.98. The van der Waals surface area contributed by atoms with E-state index in [9.17, 15) is 0 Å². The molecule has 0 bridgehead atoms. The lowest BCUT2D eigenvalue weighted by Gasteiger charge is -2.30. The maximum atomic E-state index is 5.83. The molecule has 0 spiro atoms. The Labute approximate surface area is 131 Å². The van der Waals surface area contributed by atoms with E-state index in [-0.39, 0.29) is 0 Å². The van der Waals surface area contributed by atoms with E-state index in [0.29, 0.717) is 11.3 Å². The second-order valence-corrected chi connectivity index (χ2v) is 6.36. The second-order valence-electron chi connectivity index (χ2n) is 5.01. The number of hydrogen-bond acceptors (Lipinski definition) is 3. The van der Waals surface area contributed by atoms with Crippen LogP contribution in [0.4, 0.5) is 5.69 Å². The Hall–Kier alpha value is -1.42. The third-order valence-corrected chi connectivity index (χ3v) is 5.06. The van der Waals surface area contributed by atoms with E-state index in [4.69, 9.17) is 5.73 Å². The highest BCUT2D eigenvalue weighted by Gasteiger charge is 2.27. The summed E-state index contributed by atoms with van der Waals surface area (Å²) in [7, 11) is 0. The maximum Gasteiger partial charge on any atom is 0.0887 e. The van der Waals surface area contributed by atoms with Crippen molar-refractivity contribution in [3.8, 4) is 0 Å². The molecule has 1 aromatic heterocycles. The second kappa shape index (κ2) is 8.13. The van der Waals surface area contributed by atoms with Gasteiger partial charge in [-0.2, -0.15) is 16.9 Å². The Kier molecular flexibility index (Phi) is 6.18. The molecular weight excluding hydrogens is 278 g/mol. The fourth-order valence-corrected chi connectivity index (χ4v) is 4.18. The van der Waals surface area contributed by atoms with Crippen molar-refractivity contribution in [1.82, 2.24) is 9.78 Å². The Morgan fingerprint density at radius 3 is 2.57 bits per heavy atom. The van der Waals surface area contributed by atoms with E-state index in [2.05, 4.69) is 47.2 Å². The van der Waals surface area contributed by atoms with Gasteiger partial charge < -0.3 is 5.73 Å². The largest absolute Gasteiger partial charge is 0.396 e. The summed E-state index contributed by atoms with van der Waals surface area (Å²) in [4.78, 5) is 0. The number of rotatable bonds is 3. The highest BCUT2D eigenvalue weighted by molar-refractivity contribution is 8.00. The van der Waals surface area contributed by atoms with Crippen molar-refractivity contribution in [2.75, 3.05) is 11.5 Å². The third kappa shape index (κ3) is 4.03. The molecule has 4 heteroatoms. The van der Waals surface area contributed by atoms with E-state index < -0.39 is 0 Å². The van der Waals surface area contributed by atoms with Crippen molar-refractivity contribution in [3.05, 3.63) is 48.3 Å². The molecule has 2 atom stereocenters. The number of anilines is 1. The van der Waals surface area contributed by atoms with Crippen molar-refractivity contribution < 1.29 is 0 Å². The summed E-state index contributed by atoms with van der Waals surface area (Å²) >= 11 is 2.07. The summed E-state index contributed by atoms with van der Waals surface area (Å²) in [6, 6.07) is 10.9. The molecule has 1 aromatic carbocycles. The van der Waals surface area contributed by atoms with Gasteiger partial charge in [-0.25, -0.2) is 0 Å². The van der Waals surface area contributed by atoms with Crippen molar-refractivity contribution in [2.24, 2.45) is 0 Å². The molecule has 2 aromatic rings. The molecule has 0 amide bonds. The first kappa shape index (κ1) is 16.0. The number of thioether (sulfide) groups is 1. The minimum Gasteiger partial charge on any atom is -0.396 e. The molecule has 1 aliphatic rings. The van der Waals surface area contributed by atoms with Crippen molar-refractivity contribution in [3.63, 3.8) is 0 Å². The zero-order valence-corrected chi connectivity index (χ0v) is 13.7. The Morgan fingerprint density at radius 1 is 1.24 bits per heavy atom. The molecule has 1 fully saturated rings. The van der Waals surface area contributed by atoms with Gasteiger partial charge in [-0.05, 0) is 24.2 Å². The van der Waals surface area contributed by atoms with E-state index in [1.165, 1.54) is 30.6 Å². The number of aromatic nitrogens is 2. The number of nitrogens with two attached hydrogens (primary N) is 1. The van der Waals surface area contributed by atoms with Crippen LogP contribution >= 0.6 is 11.8 Å². The molecule has 2 unspecified atom stereocenters. The molecule has 21 heavy (non-hydrogen) atoms. The van der Waals surface area contributed by atoms with Gasteiger partial charge in [0.05, 0.1) is 17.9 Å². The third-order valence-electron chi connectivity index (χ3n) is 3.61. The average molecular weight is 303 g/mol. The topological polar surface area (TPSA) is 43.8 Å². The Balaban J connectivity index is 0.000000774. The molecular formula is C17H25N3S. The van der Waals surface area contributed by atoms with Crippen LogP contribution in [0.2, 0.25) is 0 Å². The van der Waals surface area contributed by atoms with Crippen LogP contribution in [0.3, 0.4) is 0 Å². The van der Waals surface area contributed by atoms with Gasteiger partial charge in [0, 0.05) is 11.4 Å². The first-order chi connectivity index (χ1) is 10.3. The SMILES string of the molecule is CC.Nc1cnn(C(c2ccccc2)C2CCCCS2)c1. The molecule has 3 nitrogen and oxygen atoms in total. The molecule has 3 rings (SSSR count). The van der Waals surface area contributed by atoms with E-state index in [1.807, 2.05) is 24.7 Å². The van der Waals surface area contributed by atoms with Crippen LogP contribution in [0.1, 0.15) is 44.7 Å². The minimum atomic E-state index is 0.295. The lowest BCUT2D eigenvalue weighted by molar-refractivity contribution is 0.470. The first-order valence-corrected chi connectivity index (χ1v) is 8.85. The lowest BCUT2D eigenvalue weighted by Crippen LogP contribution is -2.26. The Bertz CT molecular complexity index is 518. The number of hydrogen-bond donors (Lipinski definition) is 1. The predicted octanol–water partition coefficient (Wildman–Crippen LogP) is 4.37. The maximum absolute atomic E-state index is 5.83. The fraction of sp³-hybridized carbons (Fsp3) is 0.471. The summed E-state index contributed by atoms with van der Waals surface area (Å²) in [5, 5.41) is 5.04. The zero-order chi connectivity index (χ0) is 15.1. The van der Waals surface area contributed by atoms with Crippen molar-refractivity contribution >= 4 is 17.4 Å². The number of nitrogens with zero attached hydrogens (tertiary/aromatic N) is 2. The van der Waals surface area contributed by atoms with Gasteiger partial charge in [0.25, 0.3) is 0 Å². The van der Waals surface area contributed by atoms with Gasteiger partial charge in [-0.3, -0.25) is 4.68 Å². The monoisotopic (exact) mass is 303 g/mol. The summed E-state index contributed by atoms with van der Waals surface area (Å²) in [6.07, 6.45) is 7.60. The van der Waals surface area contributed by atoms with Gasteiger partial charge >= 0.3 is 0 Å². The van der Waals surface area contributed by atoms with E-state index in [1.54, 1.807) is 6.20 Å². The normalized spacial score (nSPS) is 19.4. The van der Waals surface area contributed by atoms with Crippen LogP contribution in [0.25, 0.3) is 0 Å². The standard InChI is InChI=1S/C15H19N3S.C2H6/c16-13-10-17-18(11-13)15(12-6-2-1-3-7-12)14-8-4-5-9-19-14;1-2/h1-3,6-7,10-11,14-15H,4-5,8-9,16H2;1-2H3. The molecule has 0 saturated carbocycles. The van der Waals surface area contributed by atoms with Crippen LogP contribution < -0.4 is 5.73 Å². The van der Waals surface area contributed by atoms with Crippen molar-refractivity contribution in [2.45, 2.75) is 44.4 Å². The molecule has 0 radical (unpaired) electrons. The van der Waals surface area contributed by atoms with Crippen LogP contribution in [0.5, 0.6) is 0 Å². The summed E-state index contributed by atoms with van der Waals surface area (Å²) < 4.78 is 2.04. The van der Waals surface area contributed by atoms with Crippen LogP contribution in [0, 0.1) is 0 Å². The van der Waals surface area contributed by atoms with Gasteiger partial charge in [0.1, 0.15) is 0 Å². The minimum absolute atomic E-state index is 0.295. The predicted molar refractivity (Wildman–Crippen MR) is 92.7 cm³/mol. The van der Waals surface area contributed by atoms with Crippen LogP contribution in [0.15, 0.2) is 42.7 Å². The Morgan fingerprint density at radius 2 is 2.00 bits per heavy atom. The highest BCUT2D eigenvalue weighted by Crippen LogP contribution is 2.37. The van der Waals surface area contributed by atoms with E-state index >= 15 is 0 Å². The lowest BCUT2D eigenvalue weighted by atomic mass is 9.99.